The molecule has 2 aliphatic heterocycles. The molecule has 3 aromatic rings. The second-order valence-electron chi connectivity index (χ2n) is 8.89. The van der Waals surface area contributed by atoms with E-state index in [1.807, 2.05) is 36.0 Å². The van der Waals surface area contributed by atoms with Gasteiger partial charge in [-0.3, -0.25) is 4.79 Å². The summed E-state index contributed by atoms with van der Waals surface area (Å²) in [6, 6.07) is 18.5. The Morgan fingerprint density at radius 1 is 1.15 bits per heavy atom. The third-order valence-electron chi connectivity index (χ3n) is 6.67. The highest BCUT2D eigenvalue weighted by atomic mass is 32.2. The van der Waals surface area contributed by atoms with Gasteiger partial charge in [0.15, 0.2) is 5.78 Å². The van der Waals surface area contributed by atoms with Gasteiger partial charge < -0.3 is 9.64 Å². The third kappa shape index (κ3) is 4.69. The van der Waals surface area contributed by atoms with Crippen molar-refractivity contribution < 1.29 is 9.53 Å². The maximum atomic E-state index is 13.3. The fraction of sp³-hybridized carbons (Fsp3) is 0.233. The van der Waals surface area contributed by atoms with Crippen molar-refractivity contribution in [1.82, 2.24) is 0 Å². The van der Waals surface area contributed by atoms with Crippen molar-refractivity contribution in [2.75, 3.05) is 30.3 Å². The molecule has 1 unspecified atom stereocenters. The van der Waals surface area contributed by atoms with Gasteiger partial charge >= 0.3 is 0 Å². The zero-order valence-corrected chi connectivity index (χ0v) is 20.2. The Labute approximate surface area is 205 Å². The highest BCUT2D eigenvalue weighted by molar-refractivity contribution is 7.99. The standard InChI is InChI=1S/C30H29NO2S/c1-3-4-7-21(2)25-12-13-31(20-25)27-9-6-5-8-23(27)17-28(32)24-11-10-22-19-30-29(18-26(22)16-24)33-14-15-34-30/h3-11,16,18-19,25H,1-2,12-15,17,20H2/b7-4-. The van der Waals surface area contributed by atoms with E-state index in [1.165, 1.54) is 4.90 Å². The Hall–Kier alpha value is -3.24. The summed E-state index contributed by atoms with van der Waals surface area (Å²) >= 11 is 1.82. The number of hydrogen-bond donors (Lipinski definition) is 0. The van der Waals surface area contributed by atoms with E-state index in [0.29, 0.717) is 12.3 Å². The van der Waals surface area contributed by atoms with Crippen LogP contribution in [0, 0.1) is 5.92 Å². The fourth-order valence-electron chi connectivity index (χ4n) is 4.81. The smallest absolute Gasteiger partial charge is 0.167 e. The first kappa shape index (κ1) is 22.5. The highest BCUT2D eigenvalue weighted by Crippen LogP contribution is 2.37. The van der Waals surface area contributed by atoms with Gasteiger partial charge in [-0.15, -0.1) is 11.8 Å². The first-order valence-corrected chi connectivity index (χ1v) is 12.8. The topological polar surface area (TPSA) is 29.5 Å². The van der Waals surface area contributed by atoms with E-state index in [1.54, 1.807) is 6.08 Å². The third-order valence-corrected chi connectivity index (χ3v) is 7.67. The number of anilines is 1. The van der Waals surface area contributed by atoms with Gasteiger partial charge in [-0.25, -0.2) is 0 Å². The molecule has 1 saturated heterocycles. The summed E-state index contributed by atoms with van der Waals surface area (Å²) in [5, 5.41) is 2.19. The molecule has 0 saturated carbocycles. The molecule has 0 aliphatic carbocycles. The molecule has 4 heteroatoms. The minimum atomic E-state index is 0.136. The van der Waals surface area contributed by atoms with Crippen LogP contribution in [0.15, 0.2) is 96.5 Å². The van der Waals surface area contributed by atoms with Crippen LogP contribution >= 0.6 is 11.8 Å². The number of benzene rings is 3. The molecule has 2 heterocycles. The van der Waals surface area contributed by atoms with E-state index < -0.39 is 0 Å². The zero-order valence-electron chi connectivity index (χ0n) is 19.3. The first-order valence-electron chi connectivity index (χ1n) is 11.8. The Bertz CT molecular complexity index is 1290. The van der Waals surface area contributed by atoms with Gasteiger partial charge in [-0.1, -0.05) is 67.3 Å². The van der Waals surface area contributed by atoms with Crippen molar-refractivity contribution in [2.24, 2.45) is 5.92 Å². The monoisotopic (exact) mass is 467 g/mol. The second-order valence-corrected chi connectivity index (χ2v) is 10.0. The summed E-state index contributed by atoms with van der Waals surface area (Å²) in [5.41, 5.74) is 4.11. The number of nitrogens with zero attached hydrogens (tertiary/aromatic N) is 1. The molecule has 0 aromatic heterocycles. The zero-order chi connectivity index (χ0) is 23.5. The van der Waals surface area contributed by atoms with Gasteiger partial charge in [-0.2, -0.15) is 0 Å². The largest absolute Gasteiger partial charge is 0.492 e. The van der Waals surface area contributed by atoms with Crippen LogP contribution in [0.4, 0.5) is 5.69 Å². The molecule has 2 aliphatic rings. The number of para-hydroxylation sites is 1. The predicted molar refractivity (Wildman–Crippen MR) is 143 cm³/mol. The number of ether oxygens (including phenoxy) is 1. The number of carbonyl (C=O) groups is 1. The number of allylic oxidation sites excluding steroid dienone is 3. The van der Waals surface area contributed by atoms with Gasteiger partial charge in [0.1, 0.15) is 5.75 Å². The van der Waals surface area contributed by atoms with E-state index in [9.17, 15) is 4.79 Å². The molecule has 1 fully saturated rings. The van der Waals surface area contributed by atoms with Crippen LogP contribution in [0.2, 0.25) is 0 Å². The predicted octanol–water partition coefficient (Wildman–Crippen LogP) is 6.87. The van der Waals surface area contributed by atoms with Crippen LogP contribution < -0.4 is 9.64 Å². The molecule has 0 amide bonds. The van der Waals surface area contributed by atoms with E-state index in [0.717, 1.165) is 70.8 Å². The van der Waals surface area contributed by atoms with Crippen molar-refractivity contribution in [3.05, 3.63) is 103 Å². The second kappa shape index (κ2) is 9.94. The van der Waals surface area contributed by atoms with Crippen molar-refractivity contribution >= 4 is 34.0 Å². The number of Topliss-reactive ketones (excluding diaryl/α,β-unsaturated/α-hetero) is 1. The molecule has 0 radical (unpaired) electrons. The van der Waals surface area contributed by atoms with E-state index in [4.69, 9.17) is 4.74 Å². The summed E-state index contributed by atoms with van der Waals surface area (Å²) in [6.07, 6.45) is 7.24. The molecule has 5 rings (SSSR count). The van der Waals surface area contributed by atoms with Gasteiger partial charge in [0.2, 0.25) is 0 Å². The van der Waals surface area contributed by atoms with E-state index in [-0.39, 0.29) is 5.78 Å². The van der Waals surface area contributed by atoms with Crippen molar-refractivity contribution in [2.45, 2.75) is 17.7 Å². The summed E-state index contributed by atoms with van der Waals surface area (Å²) in [6.45, 7) is 10.6. The number of thioether (sulfide) groups is 1. The minimum absolute atomic E-state index is 0.136. The summed E-state index contributed by atoms with van der Waals surface area (Å²) in [7, 11) is 0. The van der Waals surface area contributed by atoms with Gasteiger partial charge in [-0.05, 0) is 47.0 Å². The van der Waals surface area contributed by atoms with E-state index in [2.05, 4.69) is 60.5 Å². The lowest BCUT2D eigenvalue weighted by molar-refractivity contribution is 0.0993. The molecular weight excluding hydrogens is 438 g/mol. The van der Waals surface area contributed by atoms with Crippen LogP contribution in [0.3, 0.4) is 0 Å². The summed E-state index contributed by atoms with van der Waals surface area (Å²) < 4.78 is 5.82. The number of fused-ring (bicyclic) bond motifs is 2. The SMILES string of the molecule is C=C/C=C\C(=C)C1CCN(c2ccccc2CC(=O)c2ccc3cc4c(cc3c2)OCCS4)C1. The van der Waals surface area contributed by atoms with Crippen LogP contribution in [-0.2, 0) is 6.42 Å². The Balaban J connectivity index is 1.35. The lowest BCUT2D eigenvalue weighted by Gasteiger charge is -2.22. The van der Waals surface area contributed by atoms with Crippen LogP contribution in [-0.4, -0.2) is 31.2 Å². The van der Waals surface area contributed by atoms with Gasteiger partial charge in [0.05, 0.1) is 11.5 Å². The van der Waals surface area contributed by atoms with Crippen molar-refractivity contribution in [3.8, 4) is 5.75 Å². The average Bonchev–Trinajstić information content (AvgIpc) is 3.36. The average molecular weight is 468 g/mol. The number of rotatable bonds is 7. The fourth-order valence-corrected chi connectivity index (χ4v) is 5.67. The van der Waals surface area contributed by atoms with E-state index >= 15 is 0 Å². The van der Waals surface area contributed by atoms with Crippen LogP contribution in [0.1, 0.15) is 22.3 Å². The Kier molecular flexibility index (Phi) is 6.59. The summed E-state index contributed by atoms with van der Waals surface area (Å²) in [4.78, 5) is 16.9. The lowest BCUT2D eigenvalue weighted by Crippen LogP contribution is -2.22. The maximum Gasteiger partial charge on any atom is 0.167 e. The normalized spacial score (nSPS) is 17.5. The first-order chi connectivity index (χ1) is 16.6. The molecule has 1 atom stereocenters. The molecule has 0 bridgehead atoms. The van der Waals surface area contributed by atoms with Crippen LogP contribution in [0.25, 0.3) is 10.8 Å². The maximum absolute atomic E-state index is 13.3. The molecule has 3 aromatic carbocycles. The molecule has 3 nitrogen and oxygen atoms in total. The number of hydrogen-bond acceptors (Lipinski definition) is 4. The van der Waals surface area contributed by atoms with Crippen molar-refractivity contribution in [1.29, 1.82) is 0 Å². The highest BCUT2D eigenvalue weighted by Gasteiger charge is 2.25. The molecular formula is C30H29NO2S. The Morgan fingerprint density at radius 2 is 2.03 bits per heavy atom. The number of carbonyl (C=O) groups excluding carboxylic acids is 1. The number of ketones is 1. The molecule has 172 valence electrons. The van der Waals surface area contributed by atoms with Gasteiger partial charge in [0, 0.05) is 42.4 Å². The lowest BCUT2D eigenvalue weighted by atomic mass is 9.98. The molecule has 0 N–H and O–H groups in total. The quantitative estimate of drug-likeness (QED) is 0.280. The molecule has 0 spiro atoms. The van der Waals surface area contributed by atoms with Crippen LogP contribution in [0.5, 0.6) is 5.75 Å². The van der Waals surface area contributed by atoms with Crippen molar-refractivity contribution in [3.63, 3.8) is 0 Å². The minimum Gasteiger partial charge on any atom is -0.492 e. The summed E-state index contributed by atoms with van der Waals surface area (Å²) in [5.74, 6) is 2.46. The molecule has 34 heavy (non-hydrogen) atoms. The Morgan fingerprint density at radius 3 is 2.91 bits per heavy atom. The van der Waals surface area contributed by atoms with Gasteiger partial charge in [0.25, 0.3) is 0 Å².